The normalized spacial score (nSPS) is 12.4. The van der Waals surface area contributed by atoms with E-state index in [9.17, 15) is 19.8 Å². The first-order valence-electron chi connectivity index (χ1n) is 41.9. The largest absolute Gasteiger partial charge is 0.466 e. The molecule has 0 aliphatic rings. The molecule has 2 unspecified atom stereocenters. The van der Waals surface area contributed by atoms with E-state index < -0.39 is 12.1 Å². The van der Waals surface area contributed by atoms with Crippen molar-refractivity contribution in [2.45, 2.75) is 501 Å². The third-order valence-corrected chi connectivity index (χ3v) is 20.1. The van der Waals surface area contributed by atoms with Gasteiger partial charge in [-0.2, -0.15) is 0 Å². The number of allylic oxidation sites excluding steroid dienone is 2. The van der Waals surface area contributed by atoms with Crippen molar-refractivity contribution in [2.24, 2.45) is 0 Å². The van der Waals surface area contributed by atoms with Crippen LogP contribution in [0, 0.1) is 0 Å². The third-order valence-electron chi connectivity index (χ3n) is 20.1. The first-order valence-corrected chi connectivity index (χ1v) is 41.9. The zero-order chi connectivity index (χ0) is 64.9. The van der Waals surface area contributed by atoms with E-state index in [4.69, 9.17) is 4.74 Å². The van der Waals surface area contributed by atoms with Gasteiger partial charge < -0.3 is 20.3 Å². The Morgan fingerprint density at radius 3 is 0.789 bits per heavy atom. The minimum absolute atomic E-state index is 0.0213. The lowest BCUT2D eigenvalue weighted by Crippen LogP contribution is -2.45. The summed E-state index contributed by atoms with van der Waals surface area (Å²) in [7, 11) is 0. The van der Waals surface area contributed by atoms with E-state index in [0.29, 0.717) is 25.9 Å². The van der Waals surface area contributed by atoms with E-state index in [-0.39, 0.29) is 18.5 Å². The highest BCUT2D eigenvalue weighted by Crippen LogP contribution is 2.21. The van der Waals surface area contributed by atoms with E-state index in [1.165, 1.54) is 417 Å². The molecular weight excluding hydrogens is 1100 g/mol. The highest BCUT2D eigenvalue weighted by molar-refractivity contribution is 5.76. The van der Waals surface area contributed by atoms with Crippen LogP contribution < -0.4 is 5.32 Å². The van der Waals surface area contributed by atoms with Gasteiger partial charge in [-0.15, -0.1) is 0 Å². The summed E-state index contributed by atoms with van der Waals surface area (Å²) in [6.45, 7) is 5.01. The molecule has 2 atom stereocenters. The molecule has 6 heteroatoms. The fraction of sp³-hybridized carbons (Fsp3) is 0.952. The second kappa shape index (κ2) is 80.0. The van der Waals surface area contributed by atoms with E-state index in [0.717, 1.165) is 38.5 Å². The number of hydrogen-bond acceptors (Lipinski definition) is 5. The topological polar surface area (TPSA) is 95.9 Å². The van der Waals surface area contributed by atoms with E-state index >= 15 is 0 Å². The molecule has 0 aliphatic carbocycles. The molecule has 0 saturated heterocycles. The van der Waals surface area contributed by atoms with E-state index in [2.05, 4.69) is 31.3 Å². The van der Waals surface area contributed by atoms with Gasteiger partial charge in [-0.1, -0.05) is 437 Å². The molecular formula is C84H165NO5. The van der Waals surface area contributed by atoms with Crippen molar-refractivity contribution < 1.29 is 24.5 Å². The van der Waals surface area contributed by atoms with Gasteiger partial charge in [0.05, 0.1) is 25.4 Å². The molecule has 90 heavy (non-hydrogen) atoms. The minimum Gasteiger partial charge on any atom is -0.466 e. The van der Waals surface area contributed by atoms with E-state index in [1.807, 2.05) is 0 Å². The Hall–Kier alpha value is -1.40. The molecule has 6 nitrogen and oxygen atoms in total. The summed E-state index contributed by atoms with van der Waals surface area (Å²) in [4.78, 5) is 24.7. The molecule has 0 radical (unpaired) electrons. The summed E-state index contributed by atoms with van der Waals surface area (Å²) in [5.74, 6) is -0.00327. The number of ether oxygens (including phenoxy) is 1. The monoisotopic (exact) mass is 1270 g/mol. The third kappa shape index (κ3) is 75.6. The van der Waals surface area contributed by atoms with Crippen LogP contribution in [0.25, 0.3) is 0 Å². The molecule has 0 heterocycles. The lowest BCUT2D eigenvalue weighted by Gasteiger charge is -2.22. The molecule has 0 aromatic rings. The smallest absolute Gasteiger partial charge is 0.305 e. The number of carbonyl (C=O) groups excluding carboxylic acids is 2. The van der Waals surface area contributed by atoms with Crippen LogP contribution in [0.5, 0.6) is 0 Å². The van der Waals surface area contributed by atoms with Gasteiger partial charge in [0.15, 0.2) is 0 Å². The fourth-order valence-corrected chi connectivity index (χ4v) is 13.7. The summed E-state index contributed by atoms with van der Waals surface area (Å²) in [5.41, 5.74) is 0. The van der Waals surface area contributed by atoms with Crippen LogP contribution in [-0.2, 0) is 14.3 Å². The van der Waals surface area contributed by atoms with Gasteiger partial charge in [0.2, 0.25) is 5.91 Å². The predicted molar refractivity (Wildman–Crippen MR) is 398 cm³/mol. The fourth-order valence-electron chi connectivity index (χ4n) is 13.7. The lowest BCUT2D eigenvalue weighted by atomic mass is 10.0. The lowest BCUT2D eigenvalue weighted by molar-refractivity contribution is -0.143. The van der Waals surface area contributed by atoms with Crippen molar-refractivity contribution >= 4 is 11.9 Å². The Morgan fingerprint density at radius 1 is 0.300 bits per heavy atom. The number of aliphatic hydroxyl groups excluding tert-OH is 2. The van der Waals surface area contributed by atoms with Crippen LogP contribution in [0.15, 0.2) is 12.2 Å². The Labute approximate surface area is 565 Å². The number of rotatable bonds is 80. The Balaban J connectivity index is 3.32. The average molecular weight is 1270 g/mol. The highest BCUT2D eigenvalue weighted by atomic mass is 16.5. The Morgan fingerprint density at radius 2 is 0.522 bits per heavy atom. The number of carbonyl (C=O) groups is 2. The first kappa shape index (κ1) is 88.6. The van der Waals surface area contributed by atoms with Crippen LogP contribution in [0.1, 0.15) is 489 Å². The van der Waals surface area contributed by atoms with Crippen LogP contribution in [0.3, 0.4) is 0 Å². The van der Waals surface area contributed by atoms with Crippen molar-refractivity contribution in [3.63, 3.8) is 0 Å². The summed E-state index contributed by atoms with van der Waals surface area (Å²) in [5, 5.41) is 23.5. The van der Waals surface area contributed by atoms with Gasteiger partial charge in [-0.25, -0.2) is 0 Å². The zero-order valence-electron chi connectivity index (χ0n) is 61.7. The van der Waals surface area contributed by atoms with Gasteiger partial charge >= 0.3 is 5.97 Å². The molecule has 0 aliphatic heterocycles. The van der Waals surface area contributed by atoms with Gasteiger partial charge in [0.1, 0.15) is 0 Å². The minimum atomic E-state index is -0.663. The molecule has 0 aromatic carbocycles. The van der Waals surface area contributed by atoms with Gasteiger partial charge in [-0.05, 0) is 51.4 Å². The van der Waals surface area contributed by atoms with Crippen molar-refractivity contribution in [2.75, 3.05) is 13.2 Å². The summed E-state index contributed by atoms with van der Waals surface area (Å²) in [6, 6.07) is -0.539. The summed E-state index contributed by atoms with van der Waals surface area (Å²) in [6.07, 6.45) is 102. The van der Waals surface area contributed by atoms with Crippen LogP contribution >= 0.6 is 0 Å². The maximum Gasteiger partial charge on any atom is 0.305 e. The molecule has 0 bridgehead atoms. The number of amides is 1. The van der Waals surface area contributed by atoms with Crippen molar-refractivity contribution in [1.29, 1.82) is 0 Å². The second-order valence-corrected chi connectivity index (χ2v) is 29.2. The average Bonchev–Trinajstić information content (AvgIpc) is 3.68. The molecule has 0 spiro atoms. The molecule has 536 valence electrons. The van der Waals surface area contributed by atoms with Crippen molar-refractivity contribution in [3.05, 3.63) is 12.2 Å². The highest BCUT2D eigenvalue weighted by Gasteiger charge is 2.20. The van der Waals surface area contributed by atoms with Crippen molar-refractivity contribution in [3.8, 4) is 0 Å². The predicted octanol–water partition coefficient (Wildman–Crippen LogP) is 27.8. The number of nitrogens with one attached hydrogen (secondary N) is 1. The molecule has 0 fully saturated rings. The summed E-state index contributed by atoms with van der Waals surface area (Å²) < 4.78 is 5.52. The van der Waals surface area contributed by atoms with Crippen LogP contribution in [0.2, 0.25) is 0 Å². The molecule has 0 saturated carbocycles. The number of hydrogen-bond donors (Lipinski definition) is 3. The number of esters is 1. The second-order valence-electron chi connectivity index (χ2n) is 29.2. The Kier molecular flexibility index (Phi) is 78.8. The quantitative estimate of drug-likeness (QED) is 0.0320. The van der Waals surface area contributed by atoms with Gasteiger partial charge in [-0.3, -0.25) is 9.59 Å². The van der Waals surface area contributed by atoms with Gasteiger partial charge in [0, 0.05) is 12.8 Å². The number of aliphatic hydroxyl groups is 2. The molecule has 0 rings (SSSR count). The summed E-state index contributed by atoms with van der Waals surface area (Å²) >= 11 is 0. The van der Waals surface area contributed by atoms with Crippen molar-refractivity contribution in [1.82, 2.24) is 5.32 Å². The van der Waals surface area contributed by atoms with Crippen LogP contribution in [0.4, 0.5) is 0 Å². The molecule has 1 amide bonds. The molecule has 3 N–H and O–H groups in total. The molecule has 0 aromatic heterocycles. The van der Waals surface area contributed by atoms with Gasteiger partial charge in [0.25, 0.3) is 0 Å². The van der Waals surface area contributed by atoms with E-state index in [1.54, 1.807) is 0 Å². The standard InChI is InChI=1S/C84H165NO5/c1-3-5-7-9-11-13-15-17-19-21-23-24-25-34-37-41-44-48-52-56-60-64-68-72-76-82(87)81(80-86)85-83(88)77-73-69-65-61-57-53-49-45-42-38-35-32-30-28-26-27-29-31-33-36-39-43-47-51-55-59-63-67-71-75-79-90-84(89)78-74-70-66-62-58-54-50-46-40-22-20-18-16-14-12-10-8-6-4-2/h18,20,81-82,86-87H,3-17,19,21-80H2,1-2H3,(H,85,88)/b20-18-. The zero-order valence-corrected chi connectivity index (χ0v) is 61.7. The first-order chi connectivity index (χ1) is 44.5. The van der Waals surface area contributed by atoms with Crippen LogP contribution in [-0.4, -0.2) is 47.4 Å². The number of unbranched alkanes of at least 4 members (excludes halogenated alkanes) is 67. The maximum atomic E-state index is 12.6. The SMILES string of the molecule is CCCCCCCC/C=C\CCCCCCCCCCCC(=O)OCCCCCCCCCCCCCCCCCCCCCCCCCCCCCCCCC(=O)NC(CO)C(O)CCCCCCCCCCCCCCCCCCCCCCCCCC. The maximum absolute atomic E-state index is 12.6. The Bertz CT molecular complexity index is 1370.